The van der Waals surface area contributed by atoms with Gasteiger partial charge in [0.1, 0.15) is 5.82 Å². The number of imidazole rings is 1. The molecule has 0 saturated carbocycles. The van der Waals surface area contributed by atoms with Crippen LogP contribution in [-0.4, -0.2) is 26.2 Å². The van der Waals surface area contributed by atoms with Crippen molar-refractivity contribution in [2.24, 2.45) is 5.41 Å². The molecule has 0 spiro atoms. The number of rotatable bonds is 4. The summed E-state index contributed by atoms with van der Waals surface area (Å²) in [5.41, 5.74) is 2.69. The van der Waals surface area contributed by atoms with Crippen LogP contribution in [0.5, 0.6) is 0 Å². The van der Waals surface area contributed by atoms with E-state index in [1.54, 1.807) is 0 Å². The number of amides is 1. The molecule has 3 rings (SSSR count). The highest BCUT2D eigenvalue weighted by Gasteiger charge is 2.39. The molecule has 1 unspecified atom stereocenters. The standard InChI is InChI=1S/C22H30N4O2/c1-21(2,3)16-12-24-19(25-16)18(26-20(27)28)17(22(4,5)6)14-11-23-15-10-8-7-9-13(14)15/h7-12,17-18,23,26H,1-6H3,(H,24,25)(H,27,28)/t17?,18-/m1/s1. The first kappa shape index (κ1) is 20.0. The highest BCUT2D eigenvalue weighted by Crippen LogP contribution is 2.46. The normalized spacial score (nSPS) is 14.8. The molecule has 1 aromatic carbocycles. The van der Waals surface area contributed by atoms with E-state index in [1.165, 1.54) is 0 Å². The maximum absolute atomic E-state index is 11.7. The average Bonchev–Trinajstić information content (AvgIpc) is 3.20. The number of carbonyl (C=O) groups is 1. The Morgan fingerprint density at radius 3 is 2.32 bits per heavy atom. The van der Waals surface area contributed by atoms with E-state index in [1.807, 2.05) is 30.6 Å². The summed E-state index contributed by atoms with van der Waals surface area (Å²) in [6, 6.07) is 7.59. The molecule has 6 nitrogen and oxygen atoms in total. The minimum Gasteiger partial charge on any atom is -0.465 e. The summed E-state index contributed by atoms with van der Waals surface area (Å²) in [6.45, 7) is 12.7. The highest BCUT2D eigenvalue weighted by molar-refractivity contribution is 5.84. The van der Waals surface area contributed by atoms with Crippen LogP contribution in [0, 0.1) is 5.41 Å². The van der Waals surface area contributed by atoms with Crippen LogP contribution in [0.3, 0.4) is 0 Å². The van der Waals surface area contributed by atoms with Crippen molar-refractivity contribution in [1.82, 2.24) is 20.3 Å². The lowest BCUT2D eigenvalue weighted by atomic mass is 9.72. The first-order chi connectivity index (χ1) is 13.0. The van der Waals surface area contributed by atoms with E-state index >= 15 is 0 Å². The van der Waals surface area contributed by atoms with Crippen LogP contribution in [0.15, 0.2) is 36.7 Å². The summed E-state index contributed by atoms with van der Waals surface area (Å²) in [7, 11) is 0. The van der Waals surface area contributed by atoms with Gasteiger partial charge in [-0.1, -0.05) is 59.7 Å². The second-order valence-corrected chi connectivity index (χ2v) is 9.48. The van der Waals surface area contributed by atoms with Crippen LogP contribution >= 0.6 is 0 Å². The maximum atomic E-state index is 11.7. The van der Waals surface area contributed by atoms with E-state index in [9.17, 15) is 9.90 Å². The van der Waals surface area contributed by atoms with Crippen molar-refractivity contribution in [3.05, 3.63) is 53.7 Å². The van der Waals surface area contributed by atoms with Crippen LogP contribution in [0.1, 0.15) is 70.6 Å². The SMILES string of the molecule is CC(C)(C)c1c[nH]c([C@H](NC(=O)O)C(c2c[nH]c3ccccc23)C(C)(C)C)n1. The van der Waals surface area contributed by atoms with Crippen LogP contribution in [0.2, 0.25) is 0 Å². The molecule has 0 bridgehead atoms. The molecule has 6 heteroatoms. The topological polar surface area (TPSA) is 93.8 Å². The average molecular weight is 383 g/mol. The minimum atomic E-state index is -1.06. The molecule has 0 saturated heterocycles. The molecular formula is C22H30N4O2. The fourth-order valence-corrected chi connectivity index (χ4v) is 3.82. The molecule has 3 aromatic rings. The van der Waals surface area contributed by atoms with Crippen molar-refractivity contribution in [3.63, 3.8) is 0 Å². The number of nitrogens with one attached hydrogen (secondary N) is 3. The molecule has 2 aromatic heterocycles. The predicted molar refractivity (Wildman–Crippen MR) is 112 cm³/mol. The second kappa shape index (κ2) is 7.00. The molecule has 0 aliphatic carbocycles. The van der Waals surface area contributed by atoms with E-state index in [-0.39, 0.29) is 16.7 Å². The maximum Gasteiger partial charge on any atom is 0.405 e. The number of aromatic amines is 2. The van der Waals surface area contributed by atoms with E-state index in [0.29, 0.717) is 5.82 Å². The zero-order valence-corrected chi connectivity index (χ0v) is 17.4. The van der Waals surface area contributed by atoms with Gasteiger partial charge in [-0.15, -0.1) is 0 Å². The lowest BCUT2D eigenvalue weighted by Crippen LogP contribution is -2.37. The third-order valence-corrected chi connectivity index (χ3v) is 5.16. The number of nitrogens with zero attached hydrogens (tertiary/aromatic N) is 1. The Labute approximate surface area is 165 Å². The van der Waals surface area contributed by atoms with Gasteiger partial charge >= 0.3 is 6.09 Å². The second-order valence-electron chi connectivity index (χ2n) is 9.48. The Bertz CT molecular complexity index is 972. The molecule has 28 heavy (non-hydrogen) atoms. The lowest BCUT2D eigenvalue weighted by molar-refractivity contribution is 0.177. The van der Waals surface area contributed by atoms with Crippen molar-refractivity contribution in [2.75, 3.05) is 0 Å². The third kappa shape index (κ3) is 3.91. The molecule has 150 valence electrons. The summed E-state index contributed by atoms with van der Waals surface area (Å²) >= 11 is 0. The molecule has 2 atom stereocenters. The Kier molecular flexibility index (Phi) is 5.00. The van der Waals surface area contributed by atoms with Crippen molar-refractivity contribution < 1.29 is 9.90 Å². The van der Waals surface area contributed by atoms with Gasteiger partial charge in [-0.05, 0) is 17.0 Å². The summed E-state index contributed by atoms with van der Waals surface area (Å²) in [5.74, 6) is 0.510. The Hall–Kier alpha value is -2.76. The molecule has 0 fully saturated rings. The van der Waals surface area contributed by atoms with E-state index < -0.39 is 12.1 Å². The highest BCUT2D eigenvalue weighted by atomic mass is 16.4. The van der Waals surface area contributed by atoms with Crippen LogP contribution in [0.4, 0.5) is 4.79 Å². The summed E-state index contributed by atoms with van der Waals surface area (Å²) in [4.78, 5) is 23.0. The van der Waals surface area contributed by atoms with Crippen LogP contribution < -0.4 is 5.32 Å². The molecule has 0 aliphatic heterocycles. The van der Waals surface area contributed by atoms with Gasteiger partial charge in [0.05, 0.1) is 11.7 Å². The van der Waals surface area contributed by atoms with Crippen molar-refractivity contribution >= 4 is 17.0 Å². The van der Waals surface area contributed by atoms with Crippen molar-refractivity contribution in [2.45, 2.75) is 58.9 Å². The molecule has 1 amide bonds. The number of para-hydroxylation sites is 1. The molecule has 2 heterocycles. The van der Waals surface area contributed by atoms with Gasteiger partial charge < -0.3 is 20.4 Å². The Morgan fingerprint density at radius 2 is 1.75 bits per heavy atom. The van der Waals surface area contributed by atoms with Gasteiger partial charge in [0, 0.05) is 34.6 Å². The Morgan fingerprint density at radius 1 is 1.07 bits per heavy atom. The summed E-state index contributed by atoms with van der Waals surface area (Å²) in [6.07, 6.45) is 2.80. The monoisotopic (exact) mass is 382 g/mol. The summed E-state index contributed by atoms with van der Waals surface area (Å²) in [5, 5.41) is 13.4. The van der Waals surface area contributed by atoms with E-state index in [4.69, 9.17) is 4.98 Å². The lowest BCUT2D eigenvalue weighted by Gasteiger charge is -2.36. The third-order valence-electron chi connectivity index (χ3n) is 5.16. The van der Waals surface area contributed by atoms with Gasteiger partial charge in [-0.3, -0.25) is 0 Å². The zero-order chi connectivity index (χ0) is 20.7. The fourth-order valence-electron chi connectivity index (χ4n) is 3.82. The van der Waals surface area contributed by atoms with E-state index in [2.05, 4.69) is 62.9 Å². The van der Waals surface area contributed by atoms with Gasteiger partial charge in [0.2, 0.25) is 0 Å². The number of hydrogen-bond donors (Lipinski definition) is 4. The van der Waals surface area contributed by atoms with Gasteiger partial charge in [-0.2, -0.15) is 0 Å². The number of carboxylic acid groups (broad SMARTS) is 1. The molecular weight excluding hydrogens is 352 g/mol. The molecule has 0 aliphatic rings. The Balaban J connectivity index is 2.16. The predicted octanol–water partition coefficient (Wildman–Crippen LogP) is 5.33. The number of aromatic nitrogens is 3. The fraction of sp³-hybridized carbons (Fsp3) is 0.455. The van der Waals surface area contributed by atoms with Gasteiger partial charge in [-0.25, -0.2) is 9.78 Å². The quantitative estimate of drug-likeness (QED) is 0.491. The number of benzene rings is 1. The number of H-pyrrole nitrogens is 2. The summed E-state index contributed by atoms with van der Waals surface area (Å²) < 4.78 is 0. The zero-order valence-electron chi connectivity index (χ0n) is 17.4. The molecule has 0 radical (unpaired) electrons. The first-order valence-corrected chi connectivity index (χ1v) is 9.60. The van der Waals surface area contributed by atoms with Crippen molar-refractivity contribution in [3.8, 4) is 0 Å². The number of fused-ring (bicyclic) bond motifs is 1. The van der Waals surface area contributed by atoms with Gasteiger partial charge in [0.15, 0.2) is 0 Å². The van der Waals surface area contributed by atoms with Crippen LogP contribution in [0.25, 0.3) is 10.9 Å². The van der Waals surface area contributed by atoms with Gasteiger partial charge in [0.25, 0.3) is 0 Å². The largest absolute Gasteiger partial charge is 0.465 e. The smallest absolute Gasteiger partial charge is 0.405 e. The van der Waals surface area contributed by atoms with E-state index in [0.717, 1.165) is 22.2 Å². The van der Waals surface area contributed by atoms with Crippen LogP contribution in [-0.2, 0) is 5.41 Å². The minimum absolute atomic E-state index is 0.124. The molecule has 4 N–H and O–H groups in total. The first-order valence-electron chi connectivity index (χ1n) is 9.60. The van der Waals surface area contributed by atoms with Crippen molar-refractivity contribution in [1.29, 1.82) is 0 Å². The number of hydrogen-bond acceptors (Lipinski definition) is 2.